The van der Waals surface area contributed by atoms with Crippen LogP contribution in [0.4, 0.5) is 0 Å². The smallest absolute Gasteiger partial charge is 0.0558 e. The summed E-state index contributed by atoms with van der Waals surface area (Å²) in [6.07, 6.45) is 3.61. The second-order valence-corrected chi connectivity index (χ2v) is 3.00. The van der Waals surface area contributed by atoms with E-state index < -0.39 is 0 Å². The monoisotopic (exact) mass is 209 g/mol. The molecule has 4 heteroatoms. The van der Waals surface area contributed by atoms with Crippen molar-refractivity contribution in [2.24, 2.45) is 0 Å². The molecule has 3 nitrogen and oxygen atoms in total. The fourth-order valence-electron chi connectivity index (χ4n) is 1.20. The van der Waals surface area contributed by atoms with Crippen LogP contribution in [0.3, 0.4) is 0 Å². The van der Waals surface area contributed by atoms with E-state index in [2.05, 4.69) is 11.8 Å². The predicted molar refractivity (Wildman–Crippen MR) is 61.2 cm³/mol. The minimum atomic E-state index is 0. The standard InChI is InChI=1S/C9H21NO2.H3P/c1-2-3-4-5-10(6-8-11)7-9-12;/h11-12H,2-9H2,1H3;1H3. The minimum Gasteiger partial charge on any atom is -0.395 e. The second-order valence-electron chi connectivity index (χ2n) is 3.00. The van der Waals surface area contributed by atoms with Crippen molar-refractivity contribution in [3.8, 4) is 0 Å². The SMILES string of the molecule is CCCCCN(CCO)CCO.P. The molecule has 0 aromatic carbocycles. The van der Waals surface area contributed by atoms with Crippen molar-refractivity contribution in [3.63, 3.8) is 0 Å². The van der Waals surface area contributed by atoms with Crippen molar-refractivity contribution in [2.75, 3.05) is 32.8 Å². The van der Waals surface area contributed by atoms with Crippen molar-refractivity contribution in [1.29, 1.82) is 0 Å². The Hall–Kier alpha value is 0.310. The highest BCUT2D eigenvalue weighted by Crippen LogP contribution is 1.97. The number of nitrogens with zero attached hydrogens (tertiary/aromatic N) is 1. The van der Waals surface area contributed by atoms with Crippen molar-refractivity contribution < 1.29 is 10.2 Å². The summed E-state index contributed by atoms with van der Waals surface area (Å²) in [6.45, 7) is 4.91. The molecule has 0 saturated heterocycles. The van der Waals surface area contributed by atoms with Crippen LogP contribution in [0.5, 0.6) is 0 Å². The van der Waals surface area contributed by atoms with Crippen LogP contribution in [0.25, 0.3) is 0 Å². The molecule has 0 radical (unpaired) electrons. The number of aliphatic hydroxyl groups excluding tert-OH is 2. The average Bonchev–Trinajstić information content (AvgIpc) is 2.06. The van der Waals surface area contributed by atoms with E-state index in [1.807, 2.05) is 0 Å². The van der Waals surface area contributed by atoms with Gasteiger partial charge in [-0.25, -0.2) is 0 Å². The van der Waals surface area contributed by atoms with E-state index in [0.29, 0.717) is 13.1 Å². The summed E-state index contributed by atoms with van der Waals surface area (Å²) >= 11 is 0. The van der Waals surface area contributed by atoms with E-state index in [1.165, 1.54) is 12.8 Å². The van der Waals surface area contributed by atoms with Crippen molar-refractivity contribution >= 4 is 9.90 Å². The Morgan fingerprint density at radius 2 is 1.46 bits per heavy atom. The molecule has 0 aliphatic heterocycles. The van der Waals surface area contributed by atoms with Gasteiger partial charge < -0.3 is 10.2 Å². The van der Waals surface area contributed by atoms with E-state index in [0.717, 1.165) is 13.0 Å². The molecule has 0 saturated carbocycles. The average molecular weight is 209 g/mol. The van der Waals surface area contributed by atoms with Crippen molar-refractivity contribution in [2.45, 2.75) is 26.2 Å². The number of hydrogen-bond acceptors (Lipinski definition) is 3. The first-order chi connectivity index (χ1) is 5.85. The number of aliphatic hydroxyl groups is 2. The highest BCUT2D eigenvalue weighted by atomic mass is 31.0. The van der Waals surface area contributed by atoms with E-state index in [-0.39, 0.29) is 23.1 Å². The van der Waals surface area contributed by atoms with Crippen molar-refractivity contribution in [3.05, 3.63) is 0 Å². The van der Waals surface area contributed by atoms with Gasteiger partial charge in [0.15, 0.2) is 0 Å². The number of unbranched alkanes of at least 4 members (excludes halogenated alkanes) is 2. The Morgan fingerprint density at radius 3 is 1.85 bits per heavy atom. The summed E-state index contributed by atoms with van der Waals surface area (Å²) in [5, 5.41) is 17.4. The largest absolute Gasteiger partial charge is 0.395 e. The predicted octanol–water partition coefficient (Wildman–Crippen LogP) is 0.521. The molecule has 13 heavy (non-hydrogen) atoms. The molecular weight excluding hydrogens is 185 g/mol. The van der Waals surface area contributed by atoms with Gasteiger partial charge in [0.1, 0.15) is 0 Å². The maximum atomic E-state index is 8.70. The van der Waals surface area contributed by atoms with Gasteiger partial charge in [0.2, 0.25) is 0 Å². The molecule has 1 atom stereocenters. The van der Waals surface area contributed by atoms with Gasteiger partial charge in [-0.05, 0) is 13.0 Å². The Kier molecular flexibility index (Phi) is 14.9. The lowest BCUT2D eigenvalue weighted by atomic mass is 10.2. The third-order valence-electron chi connectivity index (χ3n) is 1.91. The lowest BCUT2D eigenvalue weighted by molar-refractivity contribution is 0.159. The molecule has 0 spiro atoms. The van der Waals surface area contributed by atoms with Crippen LogP contribution < -0.4 is 0 Å². The van der Waals surface area contributed by atoms with Gasteiger partial charge in [0.25, 0.3) is 0 Å². The second kappa shape index (κ2) is 12.3. The van der Waals surface area contributed by atoms with Crippen LogP contribution in [0.15, 0.2) is 0 Å². The highest BCUT2D eigenvalue weighted by Gasteiger charge is 2.01. The molecule has 82 valence electrons. The van der Waals surface area contributed by atoms with Crippen LogP contribution in [0, 0.1) is 0 Å². The van der Waals surface area contributed by atoms with Gasteiger partial charge in [-0.2, -0.15) is 9.90 Å². The summed E-state index contributed by atoms with van der Waals surface area (Å²) < 4.78 is 0. The molecule has 0 heterocycles. The minimum absolute atomic E-state index is 0. The number of hydrogen-bond donors (Lipinski definition) is 2. The molecule has 1 unspecified atom stereocenters. The van der Waals surface area contributed by atoms with E-state index in [1.54, 1.807) is 0 Å². The summed E-state index contributed by atoms with van der Waals surface area (Å²) in [7, 11) is 0. The Bertz CT molecular complexity index is 87.7. The van der Waals surface area contributed by atoms with Gasteiger partial charge in [-0.3, -0.25) is 4.90 Å². The Morgan fingerprint density at radius 1 is 0.923 bits per heavy atom. The van der Waals surface area contributed by atoms with E-state index >= 15 is 0 Å². The van der Waals surface area contributed by atoms with Gasteiger partial charge in [-0.15, -0.1) is 0 Å². The third kappa shape index (κ3) is 10.2. The van der Waals surface area contributed by atoms with Crippen LogP contribution in [0.2, 0.25) is 0 Å². The van der Waals surface area contributed by atoms with Crippen LogP contribution in [-0.2, 0) is 0 Å². The lowest BCUT2D eigenvalue weighted by Gasteiger charge is -2.19. The first-order valence-electron chi connectivity index (χ1n) is 4.79. The zero-order chi connectivity index (χ0) is 9.23. The van der Waals surface area contributed by atoms with Gasteiger partial charge in [-0.1, -0.05) is 19.8 Å². The Balaban J connectivity index is 0. The zero-order valence-electron chi connectivity index (χ0n) is 8.71. The first kappa shape index (κ1) is 15.8. The molecule has 0 rings (SSSR count). The van der Waals surface area contributed by atoms with Crippen LogP contribution >= 0.6 is 9.90 Å². The molecule has 0 bridgehead atoms. The fraction of sp³-hybridized carbons (Fsp3) is 1.00. The molecular formula is C9H24NO2P. The molecule has 0 aliphatic rings. The van der Waals surface area contributed by atoms with Gasteiger partial charge >= 0.3 is 0 Å². The molecule has 0 fully saturated rings. The van der Waals surface area contributed by atoms with Gasteiger partial charge in [0.05, 0.1) is 13.2 Å². The maximum absolute atomic E-state index is 8.70. The third-order valence-corrected chi connectivity index (χ3v) is 1.91. The molecule has 0 aromatic heterocycles. The maximum Gasteiger partial charge on any atom is 0.0558 e. The lowest BCUT2D eigenvalue weighted by Crippen LogP contribution is -2.30. The van der Waals surface area contributed by atoms with Crippen molar-refractivity contribution in [1.82, 2.24) is 4.90 Å². The normalized spacial score (nSPS) is 10.2. The number of rotatable bonds is 8. The van der Waals surface area contributed by atoms with Gasteiger partial charge in [0, 0.05) is 13.1 Å². The Labute approximate surface area is 84.8 Å². The fourth-order valence-corrected chi connectivity index (χ4v) is 1.20. The summed E-state index contributed by atoms with van der Waals surface area (Å²) in [5.74, 6) is 0. The molecule has 0 aromatic rings. The molecule has 0 amide bonds. The van der Waals surface area contributed by atoms with E-state index in [9.17, 15) is 0 Å². The summed E-state index contributed by atoms with van der Waals surface area (Å²) in [6, 6.07) is 0. The quantitative estimate of drug-likeness (QED) is 0.452. The van der Waals surface area contributed by atoms with Crippen LogP contribution in [0.1, 0.15) is 26.2 Å². The first-order valence-corrected chi connectivity index (χ1v) is 4.79. The molecule has 0 aliphatic carbocycles. The van der Waals surface area contributed by atoms with Crippen LogP contribution in [-0.4, -0.2) is 48.0 Å². The molecule has 2 N–H and O–H groups in total. The van der Waals surface area contributed by atoms with E-state index in [4.69, 9.17) is 10.2 Å². The zero-order valence-corrected chi connectivity index (χ0v) is 10.1. The topological polar surface area (TPSA) is 43.7 Å². The summed E-state index contributed by atoms with van der Waals surface area (Å²) in [4.78, 5) is 2.09. The highest BCUT2D eigenvalue weighted by molar-refractivity contribution is 6.92. The summed E-state index contributed by atoms with van der Waals surface area (Å²) in [5.41, 5.74) is 0.